The van der Waals surface area contributed by atoms with Gasteiger partial charge in [-0.3, -0.25) is 0 Å². The van der Waals surface area contributed by atoms with Gasteiger partial charge in [-0.05, 0) is 44.4 Å². The zero-order valence-corrected chi connectivity index (χ0v) is 11.8. The Bertz CT molecular complexity index is 323. The van der Waals surface area contributed by atoms with Gasteiger partial charge in [0.25, 0.3) is 0 Å². The van der Waals surface area contributed by atoms with Gasteiger partial charge in [-0.25, -0.2) is 4.98 Å². The first-order chi connectivity index (χ1) is 7.15. The predicted octanol–water partition coefficient (Wildman–Crippen LogP) is 4.19. The molecule has 1 aromatic heterocycles. The summed E-state index contributed by atoms with van der Waals surface area (Å²) >= 11 is 5.53. The van der Waals surface area contributed by atoms with Gasteiger partial charge in [0.2, 0.25) is 0 Å². The largest absolute Gasteiger partial charge is 0.247 e. The predicted molar refractivity (Wildman–Crippen MR) is 69.8 cm³/mol. The maximum Gasteiger partial charge on any atom is 0.0897 e. The lowest BCUT2D eigenvalue weighted by Gasteiger charge is -2.31. The minimum atomic E-state index is 0.735. The first-order valence-electron chi connectivity index (χ1n) is 5.70. The van der Waals surface area contributed by atoms with E-state index >= 15 is 0 Å². The zero-order valence-electron chi connectivity index (χ0n) is 9.37. The van der Waals surface area contributed by atoms with Crippen LogP contribution in [0.25, 0.3) is 0 Å². The van der Waals surface area contributed by atoms with Gasteiger partial charge in [0, 0.05) is 10.2 Å². The fraction of sp³-hybridized carbons (Fsp3) is 0.750. The van der Waals surface area contributed by atoms with Gasteiger partial charge in [-0.15, -0.1) is 11.3 Å². The summed E-state index contributed by atoms with van der Waals surface area (Å²) in [6, 6.07) is 0. The second-order valence-electron chi connectivity index (χ2n) is 4.71. The van der Waals surface area contributed by atoms with Crippen LogP contribution in [-0.2, 0) is 6.42 Å². The standard InChI is InChI=1S/C12H18BrNS/c1-8-3-4-11(13)5-10(8)6-12-7-15-9(2)14-12/h7-8,10-11H,3-6H2,1-2H3. The van der Waals surface area contributed by atoms with Crippen LogP contribution in [0, 0.1) is 18.8 Å². The molecular weight excluding hydrogens is 270 g/mol. The Kier molecular flexibility index (Phi) is 3.83. The minimum absolute atomic E-state index is 0.735. The number of rotatable bonds is 2. The van der Waals surface area contributed by atoms with E-state index in [0.717, 1.165) is 16.7 Å². The smallest absolute Gasteiger partial charge is 0.0897 e. The Morgan fingerprint density at radius 1 is 1.53 bits per heavy atom. The first kappa shape index (κ1) is 11.6. The second-order valence-corrected chi connectivity index (χ2v) is 7.07. The van der Waals surface area contributed by atoms with Gasteiger partial charge in [0.1, 0.15) is 0 Å². The van der Waals surface area contributed by atoms with Crippen molar-refractivity contribution in [2.45, 2.75) is 44.4 Å². The molecule has 0 saturated heterocycles. The normalized spacial score (nSPS) is 31.8. The number of nitrogens with zero attached hydrogens (tertiary/aromatic N) is 1. The van der Waals surface area contributed by atoms with E-state index in [1.54, 1.807) is 11.3 Å². The van der Waals surface area contributed by atoms with Crippen LogP contribution in [0.5, 0.6) is 0 Å². The molecule has 3 atom stereocenters. The highest BCUT2D eigenvalue weighted by Gasteiger charge is 2.26. The molecule has 0 spiro atoms. The fourth-order valence-corrected chi connectivity index (χ4v) is 3.78. The molecule has 1 fully saturated rings. The van der Waals surface area contributed by atoms with E-state index in [4.69, 9.17) is 0 Å². The molecule has 0 aliphatic heterocycles. The highest BCUT2D eigenvalue weighted by molar-refractivity contribution is 9.09. The molecule has 0 bridgehead atoms. The summed E-state index contributed by atoms with van der Waals surface area (Å²) in [5, 5.41) is 3.42. The van der Waals surface area contributed by atoms with E-state index in [1.165, 1.54) is 36.4 Å². The third-order valence-corrected chi connectivity index (χ3v) is 5.09. The quantitative estimate of drug-likeness (QED) is 0.743. The fourth-order valence-electron chi connectivity index (χ4n) is 2.41. The molecule has 3 unspecified atom stereocenters. The van der Waals surface area contributed by atoms with Crippen LogP contribution >= 0.6 is 27.3 Å². The van der Waals surface area contributed by atoms with Crippen LogP contribution in [0.2, 0.25) is 0 Å². The SMILES string of the molecule is Cc1nc(CC2CC(Br)CCC2C)cs1. The monoisotopic (exact) mass is 287 g/mol. The molecule has 1 aromatic rings. The van der Waals surface area contributed by atoms with Crippen molar-refractivity contribution in [2.75, 3.05) is 0 Å². The maximum atomic E-state index is 4.57. The van der Waals surface area contributed by atoms with E-state index in [2.05, 4.69) is 40.1 Å². The summed E-state index contributed by atoms with van der Waals surface area (Å²) in [6.45, 7) is 4.48. The van der Waals surface area contributed by atoms with Gasteiger partial charge in [-0.1, -0.05) is 22.9 Å². The lowest BCUT2D eigenvalue weighted by molar-refractivity contribution is 0.261. The van der Waals surface area contributed by atoms with Gasteiger partial charge in [0.15, 0.2) is 0 Å². The third kappa shape index (κ3) is 3.04. The van der Waals surface area contributed by atoms with E-state index in [-0.39, 0.29) is 0 Å². The molecule has 1 aliphatic rings. The Morgan fingerprint density at radius 3 is 3.00 bits per heavy atom. The van der Waals surface area contributed by atoms with Crippen molar-refractivity contribution in [2.24, 2.45) is 11.8 Å². The highest BCUT2D eigenvalue weighted by Crippen LogP contribution is 2.35. The summed E-state index contributed by atoms with van der Waals surface area (Å²) in [4.78, 5) is 5.30. The van der Waals surface area contributed by atoms with E-state index in [9.17, 15) is 0 Å². The summed E-state index contributed by atoms with van der Waals surface area (Å²) in [6.07, 6.45) is 5.20. The number of alkyl halides is 1. The molecule has 0 aromatic carbocycles. The number of hydrogen-bond donors (Lipinski definition) is 0. The maximum absolute atomic E-state index is 4.57. The molecule has 1 aliphatic carbocycles. The summed E-state index contributed by atoms with van der Waals surface area (Å²) in [7, 11) is 0. The van der Waals surface area contributed by atoms with Crippen molar-refractivity contribution < 1.29 is 0 Å². The van der Waals surface area contributed by atoms with Crippen molar-refractivity contribution in [1.29, 1.82) is 0 Å². The lowest BCUT2D eigenvalue weighted by atomic mass is 9.78. The van der Waals surface area contributed by atoms with Crippen LogP contribution < -0.4 is 0 Å². The highest BCUT2D eigenvalue weighted by atomic mass is 79.9. The van der Waals surface area contributed by atoms with Crippen LogP contribution in [0.1, 0.15) is 36.9 Å². The Morgan fingerprint density at radius 2 is 2.33 bits per heavy atom. The Balaban J connectivity index is 1.98. The van der Waals surface area contributed by atoms with Crippen molar-refractivity contribution in [3.05, 3.63) is 16.1 Å². The first-order valence-corrected chi connectivity index (χ1v) is 7.49. The van der Waals surface area contributed by atoms with Gasteiger partial charge in [-0.2, -0.15) is 0 Å². The zero-order chi connectivity index (χ0) is 10.8. The average molecular weight is 288 g/mol. The van der Waals surface area contributed by atoms with Crippen LogP contribution in [0.4, 0.5) is 0 Å². The lowest BCUT2D eigenvalue weighted by Crippen LogP contribution is -2.24. The Hall–Kier alpha value is 0.110. The molecule has 1 saturated carbocycles. The number of thiazole rings is 1. The minimum Gasteiger partial charge on any atom is -0.247 e. The molecule has 84 valence electrons. The molecule has 1 heterocycles. The van der Waals surface area contributed by atoms with Gasteiger partial charge < -0.3 is 0 Å². The van der Waals surface area contributed by atoms with Crippen molar-refractivity contribution in [3.63, 3.8) is 0 Å². The third-order valence-electron chi connectivity index (χ3n) is 3.44. The molecule has 0 radical (unpaired) electrons. The topological polar surface area (TPSA) is 12.9 Å². The van der Waals surface area contributed by atoms with E-state index < -0.39 is 0 Å². The summed E-state index contributed by atoms with van der Waals surface area (Å²) < 4.78 is 0. The number of hydrogen-bond acceptors (Lipinski definition) is 2. The van der Waals surface area contributed by atoms with Gasteiger partial charge in [0.05, 0.1) is 10.7 Å². The van der Waals surface area contributed by atoms with Crippen molar-refractivity contribution in [3.8, 4) is 0 Å². The number of aryl methyl sites for hydroxylation is 1. The van der Waals surface area contributed by atoms with E-state index in [0.29, 0.717) is 0 Å². The van der Waals surface area contributed by atoms with Crippen LogP contribution in [0.3, 0.4) is 0 Å². The summed E-state index contributed by atoms with van der Waals surface area (Å²) in [5.74, 6) is 1.69. The summed E-state index contributed by atoms with van der Waals surface area (Å²) in [5.41, 5.74) is 1.30. The Labute approximate surface area is 104 Å². The van der Waals surface area contributed by atoms with E-state index in [1.807, 2.05) is 0 Å². The second kappa shape index (κ2) is 4.96. The number of halogens is 1. The van der Waals surface area contributed by atoms with Gasteiger partial charge >= 0.3 is 0 Å². The average Bonchev–Trinajstić information content (AvgIpc) is 2.58. The molecule has 15 heavy (non-hydrogen) atoms. The van der Waals surface area contributed by atoms with Crippen LogP contribution in [-0.4, -0.2) is 9.81 Å². The van der Waals surface area contributed by atoms with Crippen LogP contribution in [0.15, 0.2) is 5.38 Å². The molecular formula is C12H18BrNS. The number of aromatic nitrogens is 1. The molecule has 0 N–H and O–H groups in total. The molecule has 0 amide bonds. The molecule has 3 heteroatoms. The molecule has 2 rings (SSSR count). The van der Waals surface area contributed by atoms with Crippen molar-refractivity contribution in [1.82, 2.24) is 4.98 Å². The molecule has 1 nitrogen and oxygen atoms in total. The van der Waals surface area contributed by atoms with Crippen molar-refractivity contribution >= 4 is 27.3 Å².